The Bertz CT molecular complexity index is 644. The van der Waals surface area contributed by atoms with Crippen LogP contribution >= 0.6 is 0 Å². The summed E-state index contributed by atoms with van der Waals surface area (Å²) >= 11 is 0. The molecule has 0 radical (unpaired) electrons. The van der Waals surface area contributed by atoms with E-state index in [1.165, 1.54) is 30.4 Å². The summed E-state index contributed by atoms with van der Waals surface area (Å²) in [7, 11) is 1.82. The lowest BCUT2D eigenvalue weighted by Gasteiger charge is -2.18. The van der Waals surface area contributed by atoms with Crippen LogP contribution in [0.1, 0.15) is 51.2 Å². The summed E-state index contributed by atoms with van der Waals surface area (Å²) < 4.78 is 2.07. The van der Waals surface area contributed by atoms with Gasteiger partial charge in [0.1, 0.15) is 0 Å². The molecular weight excluding hydrogens is 322 g/mol. The molecular formula is C21H33N5. The van der Waals surface area contributed by atoms with Gasteiger partial charge in [0.15, 0.2) is 5.96 Å². The first-order valence-electron chi connectivity index (χ1n) is 9.57. The van der Waals surface area contributed by atoms with E-state index in [1.54, 1.807) is 6.20 Å². The van der Waals surface area contributed by atoms with Crippen molar-refractivity contribution in [2.75, 3.05) is 7.05 Å². The van der Waals surface area contributed by atoms with Crippen LogP contribution in [0, 0.1) is 5.92 Å². The first-order chi connectivity index (χ1) is 12.6. The molecule has 1 aromatic carbocycles. The Morgan fingerprint density at radius 3 is 2.46 bits per heavy atom. The average Bonchev–Trinajstić information content (AvgIpc) is 3.12. The van der Waals surface area contributed by atoms with Gasteiger partial charge in [-0.2, -0.15) is 0 Å². The largest absolute Gasteiger partial charge is 0.354 e. The standard InChI is InChI=1S/C21H33N5/c1-17(2)6-5-7-18(3)25-21(22-4)24-14-19-8-10-20(11-9-19)15-26-13-12-23-16-26/h8-13,16-18H,5-7,14-15H2,1-4H3,(H2,22,24,25). The smallest absolute Gasteiger partial charge is 0.191 e. The first kappa shape index (κ1) is 20.0. The SMILES string of the molecule is CN=C(NCc1ccc(Cn2ccnc2)cc1)NC(C)CCCC(C)C. The zero-order valence-corrected chi connectivity index (χ0v) is 16.6. The van der Waals surface area contributed by atoms with E-state index in [0.717, 1.165) is 25.0 Å². The fourth-order valence-electron chi connectivity index (χ4n) is 2.87. The van der Waals surface area contributed by atoms with E-state index < -0.39 is 0 Å². The zero-order valence-electron chi connectivity index (χ0n) is 16.6. The molecule has 0 amide bonds. The maximum atomic E-state index is 4.34. The highest BCUT2D eigenvalue weighted by Crippen LogP contribution is 2.09. The molecule has 0 aliphatic heterocycles. The van der Waals surface area contributed by atoms with Crippen LogP contribution in [-0.4, -0.2) is 28.6 Å². The fourth-order valence-corrected chi connectivity index (χ4v) is 2.87. The number of nitrogens with one attached hydrogen (secondary N) is 2. The van der Waals surface area contributed by atoms with E-state index >= 15 is 0 Å². The maximum Gasteiger partial charge on any atom is 0.191 e. The van der Waals surface area contributed by atoms with Gasteiger partial charge in [0.2, 0.25) is 0 Å². The highest BCUT2D eigenvalue weighted by atomic mass is 15.2. The van der Waals surface area contributed by atoms with Crippen molar-refractivity contribution in [3.8, 4) is 0 Å². The third kappa shape index (κ3) is 7.30. The predicted molar refractivity (Wildman–Crippen MR) is 109 cm³/mol. The van der Waals surface area contributed by atoms with Crippen LogP contribution in [0.2, 0.25) is 0 Å². The van der Waals surface area contributed by atoms with Crippen LogP contribution in [0.3, 0.4) is 0 Å². The van der Waals surface area contributed by atoms with Crippen LogP contribution in [0.5, 0.6) is 0 Å². The summed E-state index contributed by atoms with van der Waals surface area (Å²) in [6.45, 7) is 8.39. The van der Waals surface area contributed by atoms with Crippen molar-refractivity contribution >= 4 is 5.96 Å². The second-order valence-corrected chi connectivity index (χ2v) is 7.35. The van der Waals surface area contributed by atoms with Gasteiger partial charge in [-0.3, -0.25) is 4.99 Å². The molecule has 0 aliphatic carbocycles. The number of aliphatic imine (C=N–C) groups is 1. The van der Waals surface area contributed by atoms with E-state index in [4.69, 9.17) is 0 Å². The molecule has 0 bridgehead atoms. The minimum atomic E-state index is 0.428. The molecule has 0 spiro atoms. The second-order valence-electron chi connectivity index (χ2n) is 7.35. The monoisotopic (exact) mass is 355 g/mol. The summed E-state index contributed by atoms with van der Waals surface area (Å²) in [5.74, 6) is 1.64. The van der Waals surface area contributed by atoms with Gasteiger partial charge < -0.3 is 15.2 Å². The Morgan fingerprint density at radius 2 is 1.85 bits per heavy atom. The van der Waals surface area contributed by atoms with Crippen LogP contribution in [-0.2, 0) is 13.1 Å². The molecule has 1 unspecified atom stereocenters. The Morgan fingerprint density at radius 1 is 1.12 bits per heavy atom. The van der Waals surface area contributed by atoms with Gasteiger partial charge in [-0.15, -0.1) is 0 Å². The summed E-state index contributed by atoms with van der Waals surface area (Å²) in [5.41, 5.74) is 2.52. The molecule has 5 nitrogen and oxygen atoms in total. The second kappa shape index (κ2) is 10.6. The number of hydrogen-bond donors (Lipinski definition) is 2. The summed E-state index contributed by atoms with van der Waals surface area (Å²) in [6.07, 6.45) is 9.33. The molecule has 142 valence electrons. The maximum absolute atomic E-state index is 4.34. The van der Waals surface area contributed by atoms with E-state index in [-0.39, 0.29) is 0 Å². The number of rotatable bonds is 9. The third-order valence-corrected chi connectivity index (χ3v) is 4.43. The summed E-state index contributed by atoms with van der Waals surface area (Å²) in [4.78, 5) is 8.42. The lowest BCUT2D eigenvalue weighted by atomic mass is 10.0. The number of hydrogen-bond acceptors (Lipinski definition) is 2. The number of guanidine groups is 1. The van der Waals surface area contributed by atoms with Gasteiger partial charge in [0.05, 0.1) is 6.33 Å². The van der Waals surface area contributed by atoms with Crippen LogP contribution < -0.4 is 10.6 Å². The molecule has 2 aromatic rings. The van der Waals surface area contributed by atoms with E-state index in [9.17, 15) is 0 Å². The van der Waals surface area contributed by atoms with Crippen molar-refractivity contribution in [1.29, 1.82) is 0 Å². The molecule has 0 aliphatic rings. The van der Waals surface area contributed by atoms with Crippen LogP contribution in [0.4, 0.5) is 0 Å². The van der Waals surface area contributed by atoms with Gasteiger partial charge in [0.25, 0.3) is 0 Å². The summed E-state index contributed by atoms with van der Waals surface area (Å²) in [5, 5.41) is 6.88. The number of nitrogens with zero attached hydrogens (tertiary/aromatic N) is 3. The van der Waals surface area contributed by atoms with E-state index in [1.807, 2.05) is 19.6 Å². The molecule has 26 heavy (non-hydrogen) atoms. The minimum absolute atomic E-state index is 0.428. The first-order valence-corrected chi connectivity index (χ1v) is 9.57. The van der Waals surface area contributed by atoms with E-state index in [2.05, 4.69) is 70.2 Å². The van der Waals surface area contributed by atoms with Crippen molar-refractivity contribution in [2.24, 2.45) is 10.9 Å². The highest BCUT2D eigenvalue weighted by molar-refractivity contribution is 5.79. The van der Waals surface area contributed by atoms with Crippen molar-refractivity contribution in [2.45, 2.75) is 59.2 Å². The predicted octanol–water partition coefficient (Wildman–Crippen LogP) is 3.81. The van der Waals surface area contributed by atoms with Gasteiger partial charge >= 0.3 is 0 Å². The number of aromatic nitrogens is 2. The molecule has 2 rings (SSSR count). The quantitative estimate of drug-likeness (QED) is 0.531. The molecule has 1 heterocycles. The van der Waals surface area contributed by atoms with Gasteiger partial charge in [-0.25, -0.2) is 4.98 Å². The number of imidazole rings is 1. The molecule has 1 atom stereocenters. The van der Waals surface area contributed by atoms with E-state index in [0.29, 0.717) is 6.04 Å². The van der Waals surface area contributed by atoms with Gasteiger partial charge in [-0.05, 0) is 30.4 Å². The fraction of sp³-hybridized carbons (Fsp3) is 0.524. The Balaban J connectivity index is 1.75. The average molecular weight is 356 g/mol. The van der Waals surface area contributed by atoms with Crippen LogP contribution in [0.15, 0.2) is 48.0 Å². The third-order valence-electron chi connectivity index (χ3n) is 4.43. The Kier molecular flexibility index (Phi) is 8.19. The number of benzene rings is 1. The van der Waals surface area contributed by atoms with Crippen molar-refractivity contribution < 1.29 is 0 Å². The molecule has 0 saturated heterocycles. The van der Waals surface area contributed by atoms with Crippen LogP contribution in [0.25, 0.3) is 0 Å². The van der Waals surface area contributed by atoms with Crippen molar-refractivity contribution in [3.05, 3.63) is 54.1 Å². The van der Waals surface area contributed by atoms with Gasteiger partial charge in [0, 0.05) is 38.6 Å². The highest BCUT2D eigenvalue weighted by Gasteiger charge is 2.06. The molecule has 0 saturated carbocycles. The molecule has 1 aromatic heterocycles. The summed E-state index contributed by atoms with van der Waals surface area (Å²) in [6, 6.07) is 9.10. The van der Waals surface area contributed by atoms with Crippen molar-refractivity contribution in [3.63, 3.8) is 0 Å². The normalized spacial score (nSPS) is 13.0. The lowest BCUT2D eigenvalue weighted by molar-refractivity contribution is 0.491. The Labute approximate surface area is 158 Å². The Hall–Kier alpha value is -2.30. The van der Waals surface area contributed by atoms with Gasteiger partial charge in [-0.1, -0.05) is 51.0 Å². The minimum Gasteiger partial charge on any atom is -0.354 e. The zero-order chi connectivity index (χ0) is 18.8. The molecule has 0 fully saturated rings. The lowest BCUT2D eigenvalue weighted by Crippen LogP contribution is -2.41. The van der Waals surface area contributed by atoms with Crippen molar-refractivity contribution in [1.82, 2.24) is 20.2 Å². The topological polar surface area (TPSA) is 54.2 Å². The molecule has 2 N–H and O–H groups in total. The molecule has 5 heteroatoms.